The molecule has 0 aliphatic heterocycles. The highest BCUT2D eigenvalue weighted by Gasteiger charge is 2.09. The van der Waals surface area contributed by atoms with Crippen molar-refractivity contribution in [1.82, 2.24) is 15.0 Å². The maximum Gasteiger partial charge on any atom is 0.250 e. The summed E-state index contributed by atoms with van der Waals surface area (Å²) in [6.45, 7) is 2.65. The largest absolute Gasteiger partial charge is 0.370 e. The van der Waals surface area contributed by atoms with E-state index in [1.807, 2.05) is 31.2 Å². The van der Waals surface area contributed by atoms with Crippen LogP contribution in [0.2, 0.25) is 5.02 Å². The van der Waals surface area contributed by atoms with Crippen LogP contribution in [-0.2, 0) is 6.42 Å². The normalized spacial score (nSPS) is 10.6. The number of rotatable bonds is 7. The Hall–Kier alpha value is -3.19. The van der Waals surface area contributed by atoms with Gasteiger partial charge in [-0.25, -0.2) is 15.0 Å². The number of pyridine rings is 1. The number of anilines is 2. The number of hydrogen-bond donors (Lipinski definition) is 3. The highest BCUT2D eigenvalue weighted by atomic mass is 35.5. The minimum Gasteiger partial charge on any atom is -0.370 e. The standard InChI is InChI=1S/C20H21ClN6O/c1-12-15(5-2-6-16(12)21)17-10-14(26-20(23)27-17)4-3-9-24-18-8-7-13(11-25-18)19(22)28/h2,5-8,10-11H,3-4,9H2,1H3,(H2,22,28)(H,24,25)(H2,23,26,27). The van der Waals surface area contributed by atoms with Crippen molar-refractivity contribution in [3.63, 3.8) is 0 Å². The molecule has 0 aliphatic carbocycles. The van der Waals surface area contributed by atoms with Crippen LogP contribution in [0.1, 0.15) is 28.0 Å². The first-order valence-electron chi connectivity index (χ1n) is 8.82. The second-order valence-corrected chi connectivity index (χ2v) is 6.75. The summed E-state index contributed by atoms with van der Waals surface area (Å²) in [6, 6.07) is 11.0. The van der Waals surface area contributed by atoms with Crippen molar-refractivity contribution in [2.24, 2.45) is 5.73 Å². The van der Waals surface area contributed by atoms with Gasteiger partial charge in [0.05, 0.1) is 11.3 Å². The molecule has 0 radical (unpaired) electrons. The van der Waals surface area contributed by atoms with Gasteiger partial charge in [0.25, 0.3) is 0 Å². The van der Waals surface area contributed by atoms with E-state index in [9.17, 15) is 4.79 Å². The SMILES string of the molecule is Cc1c(Cl)cccc1-c1cc(CCCNc2ccc(C(N)=O)cn2)nc(N)n1. The van der Waals surface area contributed by atoms with E-state index in [1.165, 1.54) is 6.20 Å². The Labute approximate surface area is 168 Å². The molecule has 3 rings (SSSR count). The van der Waals surface area contributed by atoms with Gasteiger partial charge in [-0.05, 0) is 49.6 Å². The number of hydrogen-bond acceptors (Lipinski definition) is 6. The molecule has 8 heteroatoms. The van der Waals surface area contributed by atoms with Gasteiger partial charge >= 0.3 is 0 Å². The number of nitrogens with zero attached hydrogens (tertiary/aromatic N) is 3. The first-order valence-corrected chi connectivity index (χ1v) is 9.20. The van der Waals surface area contributed by atoms with Crippen molar-refractivity contribution >= 4 is 29.3 Å². The maximum absolute atomic E-state index is 11.1. The van der Waals surface area contributed by atoms with Crippen LogP contribution in [0, 0.1) is 6.92 Å². The molecule has 7 nitrogen and oxygen atoms in total. The van der Waals surface area contributed by atoms with Crippen LogP contribution in [0.25, 0.3) is 11.3 Å². The average molecular weight is 397 g/mol. The summed E-state index contributed by atoms with van der Waals surface area (Å²) in [6.07, 6.45) is 3.00. The third-order valence-electron chi connectivity index (χ3n) is 4.30. The van der Waals surface area contributed by atoms with Crippen LogP contribution in [0.15, 0.2) is 42.6 Å². The monoisotopic (exact) mass is 396 g/mol. The molecule has 144 valence electrons. The molecule has 0 aliphatic rings. The Bertz CT molecular complexity index is 990. The Morgan fingerprint density at radius 2 is 2.04 bits per heavy atom. The van der Waals surface area contributed by atoms with Crippen molar-refractivity contribution in [3.8, 4) is 11.3 Å². The van der Waals surface area contributed by atoms with Crippen LogP contribution in [0.3, 0.4) is 0 Å². The molecular weight excluding hydrogens is 376 g/mol. The summed E-state index contributed by atoms with van der Waals surface area (Å²) in [5, 5.41) is 3.89. The fraction of sp³-hybridized carbons (Fsp3) is 0.200. The summed E-state index contributed by atoms with van der Waals surface area (Å²) in [5.74, 6) is 0.428. The molecule has 2 heterocycles. The van der Waals surface area contributed by atoms with E-state index in [0.717, 1.165) is 35.4 Å². The topological polar surface area (TPSA) is 120 Å². The molecule has 0 bridgehead atoms. The number of carbonyl (C=O) groups is 1. The summed E-state index contributed by atoms with van der Waals surface area (Å²) in [5.41, 5.74) is 15.0. The van der Waals surface area contributed by atoms with Gasteiger partial charge in [0.15, 0.2) is 0 Å². The second-order valence-electron chi connectivity index (χ2n) is 6.34. The molecule has 0 saturated heterocycles. The lowest BCUT2D eigenvalue weighted by molar-refractivity contribution is 0.1000. The number of nitrogens with two attached hydrogens (primary N) is 2. The summed E-state index contributed by atoms with van der Waals surface area (Å²) in [4.78, 5) is 23.9. The van der Waals surface area contributed by atoms with Gasteiger partial charge in [-0.15, -0.1) is 0 Å². The number of benzene rings is 1. The molecule has 5 N–H and O–H groups in total. The van der Waals surface area contributed by atoms with E-state index < -0.39 is 5.91 Å². The quantitative estimate of drug-likeness (QED) is 0.527. The molecule has 0 fully saturated rings. The van der Waals surface area contributed by atoms with E-state index in [4.69, 9.17) is 23.1 Å². The van der Waals surface area contributed by atoms with Crippen molar-refractivity contribution in [2.45, 2.75) is 19.8 Å². The number of aryl methyl sites for hydroxylation is 1. The van der Waals surface area contributed by atoms with Crippen LogP contribution < -0.4 is 16.8 Å². The Morgan fingerprint density at radius 3 is 2.75 bits per heavy atom. The predicted octanol–water partition coefficient (Wildman–Crippen LogP) is 3.23. The highest BCUT2D eigenvalue weighted by Crippen LogP contribution is 2.27. The smallest absolute Gasteiger partial charge is 0.250 e. The van der Waals surface area contributed by atoms with Gasteiger partial charge in [-0.1, -0.05) is 23.7 Å². The van der Waals surface area contributed by atoms with Crippen LogP contribution in [-0.4, -0.2) is 27.4 Å². The second kappa shape index (κ2) is 8.67. The molecule has 0 unspecified atom stereocenters. The first kappa shape index (κ1) is 19.6. The van der Waals surface area contributed by atoms with E-state index in [2.05, 4.69) is 20.3 Å². The third kappa shape index (κ3) is 4.75. The molecule has 3 aromatic rings. The molecule has 2 aromatic heterocycles. The van der Waals surface area contributed by atoms with Crippen molar-refractivity contribution in [3.05, 3.63) is 64.4 Å². The Balaban J connectivity index is 1.62. The van der Waals surface area contributed by atoms with Gasteiger partial charge in [-0.3, -0.25) is 4.79 Å². The fourth-order valence-corrected chi connectivity index (χ4v) is 2.97. The molecule has 0 atom stereocenters. The summed E-state index contributed by atoms with van der Waals surface area (Å²) in [7, 11) is 0. The Morgan fingerprint density at radius 1 is 1.21 bits per heavy atom. The average Bonchev–Trinajstić information content (AvgIpc) is 2.67. The molecule has 0 saturated carbocycles. The van der Waals surface area contributed by atoms with Gasteiger partial charge in [0.2, 0.25) is 11.9 Å². The molecule has 1 amide bonds. The fourth-order valence-electron chi connectivity index (χ4n) is 2.80. The lowest BCUT2D eigenvalue weighted by atomic mass is 10.0. The van der Waals surface area contributed by atoms with Gasteiger partial charge in [0, 0.05) is 29.0 Å². The van der Waals surface area contributed by atoms with E-state index >= 15 is 0 Å². The zero-order chi connectivity index (χ0) is 20.1. The number of halogens is 1. The summed E-state index contributed by atoms with van der Waals surface area (Å²) >= 11 is 6.22. The number of nitrogen functional groups attached to an aromatic ring is 1. The number of aromatic nitrogens is 3. The molecular formula is C20H21ClN6O. The van der Waals surface area contributed by atoms with Crippen molar-refractivity contribution < 1.29 is 4.79 Å². The molecule has 0 spiro atoms. The first-order chi connectivity index (χ1) is 13.4. The van der Waals surface area contributed by atoms with E-state index in [0.29, 0.717) is 22.9 Å². The van der Waals surface area contributed by atoms with Gasteiger partial charge in [-0.2, -0.15) is 0 Å². The minimum absolute atomic E-state index is 0.239. The van der Waals surface area contributed by atoms with Crippen LogP contribution >= 0.6 is 11.6 Å². The Kier molecular flexibility index (Phi) is 6.06. The summed E-state index contributed by atoms with van der Waals surface area (Å²) < 4.78 is 0. The highest BCUT2D eigenvalue weighted by molar-refractivity contribution is 6.31. The number of primary amides is 1. The number of amides is 1. The van der Waals surface area contributed by atoms with Gasteiger partial charge in [0.1, 0.15) is 5.82 Å². The van der Waals surface area contributed by atoms with Crippen LogP contribution in [0.5, 0.6) is 0 Å². The van der Waals surface area contributed by atoms with Gasteiger partial charge < -0.3 is 16.8 Å². The lowest BCUT2D eigenvalue weighted by Crippen LogP contribution is -2.12. The van der Waals surface area contributed by atoms with Crippen molar-refractivity contribution in [1.29, 1.82) is 0 Å². The maximum atomic E-state index is 11.1. The zero-order valence-corrected chi connectivity index (χ0v) is 16.2. The van der Waals surface area contributed by atoms with Crippen LogP contribution in [0.4, 0.5) is 11.8 Å². The van der Waals surface area contributed by atoms with E-state index in [1.54, 1.807) is 12.1 Å². The minimum atomic E-state index is -0.494. The number of nitrogens with one attached hydrogen (secondary N) is 1. The van der Waals surface area contributed by atoms with E-state index in [-0.39, 0.29) is 5.95 Å². The molecule has 1 aromatic carbocycles. The zero-order valence-electron chi connectivity index (χ0n) is 15.4. The lowest BCUT2D eigenvalue weighted by Gasteiger charge is -2.10. The third-order valence-corrected chi connectivity index (χ3v) is 4.71. The predicted molar refractivity (Wildman–Crippen MR) is 111 cm³/mol. The molecule has 28 heavy (non-hydrogen) atoms. The number of carbonyl (C=O) groups excluding carboxylic acids is 1. The van der Waals surface area contributed by atoms with Crippen molar-refractivity contribution in [2.75, 3.05) is 17.6 Å².